The van der Waals surface area contributed by atoms with Crippen molar-refractivity contribution in [2.24, 2.45) is 0 Å². The number of aromatic nitrogens is 1. The average Bonchev–Trinajstić information content (AvgIpc) is 2.82. The van der Waals surface area contributed by atoms with Gasteiger partial charge in [-0.25, -0.2) is 14.2 Å². The molecule has 0 aliphatic rings. The number of hydrogen-bond acceptors (Lipinski definition) is 3. The Bertz CT molecular complexity index is 530. The van der Waals surface area contributed by atoms with Crippen molar-refractivity contribution in [2.45, 2.75) is 13.0 Å². The summed E-state index contributed by atoms with van der Waals surface area (Å²) in [4.78, 5) is 15.6. The van der Waals surface area contributed by atoms with E-state index in [0.717, 1.165) is 0 Å². The maximum atomic E-state index is 13.5. The molecule has 18 heavy (non-hydrogen) atoms. The summed E-state index contributed by atoms with van der Waals surface area (Å²) in [7, 11) is 0. The number of urea groups is 1. The summed E-state index contributed by atoms with van der Waals surface area (Å²) in [5.41, 5.74) is 0.451. The average molecular weight is 265 g/mol. The Morgan fingerprint density at radius 1 is 1.44 bits per heavy atom. The van der Waals surface area contributed by atoms with Gasteiger partial charge < -0.3 is 5.32 Å². The van der Waals surface area contributed by atoms with Gasteiger partial charge in [-0.2, -0.15) is 0 Å². The van der Waals surface area contributed by atoms with Crippen LogP contribution in [0.15, 0.2) is 35.8 Å². The summed E-state index contributed by atoms with van der Waals surface area (Å²) in [5, 5.41) is 7.50. The van der Waals surface area contributed by atoms with Crippen LogP contribution in [0, 0.1) is 5.82 Å². The standard InChI is InChI=1S/C12H12FN3OS/c1-8(9-4-2-3-5-10(9)13)15-11(17)16-12-14-6-7-18-12/h2-8H,1H3,(H2,14,15,16,17)/t8-/m1/s1. The predicted molar refractivity (Wildman–Crippen MR) is 69.1 cm³/mol. The zero-order valence-corrected chi connectivity index (χ0v) is 10.5. The Kier molecular flexibility index (Phi) is 3.88. The molecule has 1 aromatic heterocycles. The van der Waals surface area contributed by atoms with Gasteiger partial charge in [0.2, 0.25) is 0 Å². The topological polar surface area (TPSA) is 54.0 Å². The number of carbonyl (C=O) groups is 1. The van der Waals surface area contributed by atoms with Crippen LogP contribution in [0.4, 0.5) is 14.3 Å². The zero-order valence-electron chi connectivity index (χ0n) is 9.68. The van der Waals surface area contributed by atoms with E-state index in [1.165, 1.54) is 17.4 Å². The number of nitrogens with zero attached hydrogens (tertiary/aromatic N) is 1. The summed E-state index contributed by atoms with van der Waals surface area (Å²) >= 11 is 1.32. The highest BCUT2D eigenvalue weighted by atomic mass is 32.1. The number of hydrogen-bond donors (Lipinski definition) is 2. The van der Waals surface area contributed by atoms with E-state index in [1.807, 2.05) is 0 Å². The van der Waals surface area contributed by atoms with Gasteiger partial charge >= 0.3 is 6.03 Å². The molecule has 2 amide bonds. The third kappa shape index (κ3) is 3.04. The quantitative estimate of drug-likeness (QED) is 0.895. The summed E-state index contributed by atoms with van der Waals surface area (Å²) in [6.07, 6.45) is 1.60. The van der Waals surface area contributed by atoms with Crippen molar-refractivity contribution in [3.63, 3.8) is 0 Å². The lowest BCUT2D eigenvalue weighted by Crippen LogP contribution is -2.31. The van der Waals surface area contributed by atoms with Crippen molar-refractivity contribution in [1.29, 1.82) is 0 Å². The van der Waals surface area contributed by atoms with Gasteiger partial charge in [0.1, 0.15) is 5.82 Å². The van der Waals surface area contributed by atoms with Crippen molar-refractivity contribution < 1.29 is 9.18 Å². The third-order valence-electron chi connectivity index (χ3n) is 2.37. The molecule has 0 fully saturated rings. The van der Waals surface area contributed by atoms with Gasteiger partial charge in [-0.15, -0.1) is 11.3 Å². The number of carbonyl (C=O) groups excluding carboxylic acids is 1. The van der Waals surface area contributed by atoms with E-state index in [4.69, 9.17) is 0 Å². The van der Waals surface area contributed by atoms with Crippen molar-refractivity contribution in [3.8, 4) is 0 Å². The number of thiazole rings is 1. The van der Waals surface area contributed by atoms with Gasteiger partial charge in [0.05, 0.1) is 6.04 Å². The minimum atomic E-state index is -0.411. The lowest BCUT2D eigenvalue weighted by molar-refractivity contribution is 0.249. The fourth-order valence-electron chi connectivity index (χ4n) is 1.52. The number of rotatable bonds is 3. The van der Waals surface area contributed by atoms with Crippen LogP contribution < -0.4 is 10.6 Å². The largest absolute Gasteiger partial charge is 0.331 e. The molecule has 6 heteroatoms. The molecule has 0 saturated carbocycles. The van der Waals surface area contributed by atoms with Gasteiger partial charge in [-0.3, -0.25) is 5.32 Å². The first-order chi connectivity index (χ1) is 8.66. The van der Waals surface area contributed by atoms with E-state index in [1.54, 1.807) is 36.7 Å². The first-order valence-electron chi connectivity index (χ1n) is 5.38. The Labute approximate surface area is 108 Å². The minimum absolute atomic E-state index is 0.334. The van der Waals surface area contributed by atoms with Gasteiger partial charge in [-0.1, -0.05) is 18.2 Å². The lowest BCUT2D eigenvalue weighted by atomic mass is 10.1. The molecule has 0 radical (unpaired) electrons. The summed E-state index contributed by atoms with van der Waals surface area (Å²) in [6.45, 7) is 1.72. The van der Waals surface area contributed by atoms with Crippen LogP contribution in [0.1, 0.15) is 18.5 Å². The van der Waals surface area contributed by atoms with E-state index >= 15 is 0 Å². The van der Waals surface area contributed by atoms with E-state index in [-0.39, 0.29) is 5.82 Å². The molecule has 1 atom stereocenters. The van der Waals surface area contributed by atoms with Crippen molar-refractivity contribution in [2.75, 3.05) is 5.32 Å². The molecular formula is C12H12FN3OS. The number of amides is 2. The second kappa shape index (κ2) is 5.59. The van der Waals surface area contributed by atoms with Crippen LogP contribution in [0.3, 0.4) is 0 Å². The molecule has 2 rings (SSSR count). The number of anilines is 1. The fourth-order valence-corrected chi connectivity index (χ4v) is 2.04. The normalized spacial score (nSPS) is 11.9. The van der Waals surface area contributed by atoms with Crippen LogP contribution in [-0.2, 0) is 0 Å². The summed E-state index contributed by atoms with van der Waals surface area (Å²) in [6, 6.07) is 5.54. The van der Waals surface area contributed by atoms with E-state index in [2.05, 4.69) is 15.6 Å². The molecular weight excluding hydrogens is 253 g/mol. The number of halogens is 1. The smallest absolute Gasteiger partial charge is 0.321 e. The van der Waals surface area contributed by atoms with Crippen molar-refractivity contribution in [1.82, 2.24) is 10.3 Å². The molecule has 1 heterocycles. The Balaban J connectivity index is 1.97. The van der Waals surface area contributed by atoms with Gasteiger partial charge in [0, 0.05) is 17.1 Å². The maximum Gasteiger partial charge on any atom is 0.321 e. The second-order valence-electron chi connectivity index (χ2n) is 3.68. The van der Waals surface area contributed by atoms with Crippen molar-refractivity contribution >= 4 is 22.5 Å². The Morgan fingerprint density at radius 3 is 2.89 bits per heavy atom. The molecule has 0 bridgehead atoms. The lowest BCUT2D eigenvalue weighted by Gasteiger charge is -2.14. The first-order valence-corrected chi connectivity index (χ1v) is 6.26. The second-order valence-corrected chi connectivity index (χ2v) is 4.57. The number of benzene rings is 1. The zero-order chi connectivity index (χ0) is 13.0. The number of nitrogens with one attached hydrogen (secondary N) is 2. The Morgan fingerprint density at radius 2 is 2.22 bits per heavy atom. The molecule has 94 valence electrons. The van der Waals surface area contributed by atoms with Crippen LogP contribution in [0.5, 0.6) is 0 Å². The summed E-state index contributed by atoms with van der Waals surface area (Å²) < 4.78 is 13.5. The first kappa shape index (κ1) is 12.5. The van der Waals surface area contributed by atoms with E-state index < -0.39 is 12.1 Å². The van der Waals surface area contributed by atoms with Crippen LogP contribution >= 0.6 is 11.3 Å². The maximum absolute atomic E-state index is 13.5. The molecule has 0 aliphatic carbocycles. The monoisotopic (exact) mass is 265 g/mol. The summed E-state index contributed by atoms with van der Waals surface area (Å²) in [5.74, 6) is -0.334. The molecule has 2 N–H and O–H groups in total. The molecule has 0 unspecified atom stereocenters. The third-order valence-corrected chi connectivity index (χ3v) is 3.06. The van der Waals surface area contributed by atoms with Crippen molar-refractivity contribution in [3.05, 3.63) is 47.2 Å². The fraction of sp³-hybridized carbons (Fsp3) is 0.167. The minimum Gasteiger partial charge on any atom is -0.331 e. The SMILES string of the molecule is C[C@@H](NC(=O)Nc1nccs1)c1ccccc1F. The van der Waals surface area contributed by atoms with Crippen LogP contribution in [0.25, 0.3) is 0 Å². The van der Waals surface area contributed by atoms with Gasteiger partial charge in [0.25, 0.3) is 0 Å². The highest BCUT2D eigenvalue weighted by Gasteiger charge is 2.13. The Hall–Kier alpha value is -1.95. The molecule has 0 aliphatic heterocycles. The van der Waals surface area contributed by atoms with E-state index in [0.29, 0.717) is 10.7 Å². The van der Waals surface area contributed by atoms with Crippen LogP contribution in [-0.4, -0.2) is 11.0 Å². The predicted octanol–water partition coefficient (Wildman–Crippen LogP) is 3.16. The van der Waals surface area contributed by atoms with Gasteiger partial charge in [-0.05, 0) is 13.0 Å². The highest BCUT2D eigenvalue weighted by Crippen LogP contribution is 2.16. The molecule has 4 nitrogen and oxygen atoms in total. The van der Waals surface area contributed by atoms with Gasteiger partial charge in [0.15, 0.2) is 5.13 Å². The molecule has 0 spiro atoms. The molecule has 1 aromatic carbocycles. The molecule has 0 saturated heterocycles. The van der Waals surface area contributed by atoms with E-state index in [9.17, 15) is 9.18 Å². The molecule has 2 aromatic rings. The highest BCUT2D eigenvalue weighted by molar-refractivity contribution is 7.13. The van der Waals surface area contributed by atoms with Crippen LogP contribution in [0.2, 0.25) is 0 Å².